The Balaban J connectivity index is 2.02. The summed E-state index contributed by atoms with van der Waals surface area (Å²) in [5, 5.41) is 16.4. The second-order valence-corrected chi connectivity index (χ2v) is 6.88. The summed E-state index contributed by atoms with van der Waals surface area (Å²) in [6.45, 7) is 1.89. The third kappa shape index (κ3) is 4.97. The van der Waals surface area contributed by atoms with E-state index in [4.69, 9.17) is 14.2 Å². The van der Waals surface area contributed by atoms with Crippen molar-refractivity contribution in [2.75, 3.05) is 20.8 Å². The molecule has 2 amide bonds. The summed E-state index contributed by atoms with van der Waals surface area (Å²) in [5.74, 6) is 0.455. The molecule has 31 heavy (non-hydrogen) atoms. The number of ether oxygens (including phenoxy) is 3. The number of esters is 1. The van der Waals surface area contributed by atoms with Gasteiger partial charge in [0.1, 0.15) is 11.5 Å². The predicted molar refractivity (Wildman–Crippen MR) is 114 cm³/mol. The summed E-state index contributed by atoms with van der Waals surface area (Å²) in [4.78, 5) is 25.2. The molecule has 2 aromatic carbocycles. The van der Waals surface area contributed by atoms with Gasteiger partial charge in [-0.3, -0.25) is 0 Å². The fourth-order valence-corrected chi connectivity index (χ4v) is 3.52. The van der Waals surface area contributed by atoms with Gasteiger partial charge in [0.2, 0.25) is 0 Å². The van der Waals surface area contributed by atoms with Crippen molar-refractivity contribution in [2.24, 2.45) is 0 Å². The van der Waals surface area contributed by atoms with Gasteiger partial charge < -0.3 is 30.0 Å². The molecule has 1 aliphatic rings. The van der Waals surface area contributed by atoms with Crippen molar-refractivity contribution < 1.29 is 28.9 Å². The van der Waals surface area contributed by atoms with E-state index in [1.165, 1.54) is 14.2 Å². The summed E-state index contributed by atoms with van der Waals surface area (Å²) in [6, 6.07) is 13.0. The Labute approximate surface area is 180 Å². The zero-order valence-electron chi connectivity index (χ0n) is 17.7. The van der Waals surface area contributed by atoms with Gasteiger partial charge in [0.25, 0.3) is 0 Å². The molecule has 164 valence electrons. The predicted octanol–water partition coefficient (Wildman–Crippen LogP) is 3.00. The van der Waals surface area contributed by atoms with Crippen LogP contribution in [0.1, 0.15) is 36.6 Å². The van der Waals surface area contributed by atoms with E-state index >= 15 is 0 Å². The van der Waals surface area contributed by atoms with Gasteiger partial charge >= 0.3 is 12.0 Å². The van der Waals surface area contributed by atoms with E-state index in [1.807, 2.05) is 30.3 Å². The quantitative estimate of drug-likeness (QED) is 0.561. The summed E-state index contributed by atoms with van der Waals surface area (Å²) in [7, 11) is 3.03. The number of rotatable bonds is 8. The Hall–Kier alpha value is -3.52. The van der Waals surface area contributed by atoms with E-state index in [0.717, 1.165) is 5.56 Å². The van der Waals surface area contributed by atoms with E-state index in [2.05, 4.69) is 10.6 Å². The van der Waals surface area contributed by atoms with Crippen LogP contribution in [0.4, 0.5) is 4.79 Å². The van der Waals surface area contributed by atoms with Gasteiger partial charge in [-0.25, -0.2) is 9.59 Å². The second kappa shape index (κ2) is 9.99. The van der Waals surface area contributed by atoms with Crippen LogP contribution in [0.5, 0.6) is 11.5 Å². The highest BCUT2D eigenvalue weighted by molar-refractivity contribution is 5.95. The van der Waals surface area contributed by atoms with E-state index in [0.29, 0.717) is 22.8 Å². The normalized spacial score (nSPS) is 16.8. The smallest absolute Gasteiger partial charge is 0.338 e. The van der Waals surface area contributed by atoms with Crippen LogP contribution in [0.15, 0.2) is 59.8 Å². The fraction of sp³-hybridized carbons (Fsp3) is 0.304. The third-order valence-electron chi connectivity index (χ3n) is 4.98. The van der Waals surface area contributed by atoms with Crippen LogP contribution in [-0.4, -0.2) is 37.9 Å². The average Bonchev–Trinajstić information content (AvgIpc) is 2.78. The first-order chi connectivity index (χ1) is 15.0. The zero-order chi connectivity index (χ0) is 22.4. The van der Waals surface area contributed by atoms with E-state index in [1.54, 1.807) is 25.1 Å². The van der Waals surface area contributed by atoms with Gasteiger partial charge in [0.05, 0.1) is 38.5 Å². The summed E-state index contributed by atoms with van der Waals surface area (Å²) in [6.07, 6.45) is -1.07. The molecule has 1 aliphatic heterocycles. The van der Waals surface area contributed by atoms with Crippen LogP contribution in [-0.2, 0) is 9.53 Å². The van der Waals surface area contributed by atoms with Gasteiger partial charge in [-0.2, -0.15) is 0 Å². The molecule has 0 saturated heterocycles. The molecule has 1 heterocycles. The van der Waals surface area contributed by atoms with E-state index < -0.39 is 24.1 Å². The number of amides is 2. The molecule has 0 saturated carbocycles. The van der Waals surface area contributed by atoms with Crippen molar-refractivity contribution in [3.8, 4) is 11.5 Å². The summed E-state index contributed by atoms with van der Waals surface area (Å²) in [5.41, 5.74) is 1.78. The molecular weight excluding hydrogens is 400 g/mol. The number of carbonyl (C=O) groups is 2. The number of benzene rings is 2. The lowest BCUT2D eigenvalue weighted by Gasteiger charge is -2.30. The van der Waals surface area contributed by atoms with E-state index in [-0.39, 0.29) is 18.6 Å². The van der Waals surface area contributed by atoms with Crippen LogP contribution < -0.4 is 20.1 Å². The number of hydrogen-bond donors (Lipinski definition) is 3. The molecule has 0 spiro atoms. The first kappa shape index (κ1) is 22.2. The van der Waals surface area contributed by atoms with Crippen LogP contribution in [0.3, 0.4) is 0 Å². The number of aliphatic hydroxyl groups excluding tert-OH is 1. The molecule has 0 radical (unpaired) electrons. The lowest BCUT2D eigenvalue weighted by atomic mass is 9.92. The minimum Gasteiger partial charge on any atom is -0.497 e. The van der Waals surface area contributed by atoms with Crippen LogP contribution in [0, 0.1) is 0 Å². The van der Waals surface area contributed by atoms with Gasteiger partial charge in [-0.05, 0) is 24.6 Å². The molecule has 2 aromatic rings. The number of aliphatic hydroxyl groups is 1. The summed E-state index contributed by atoms with van der Waals surface area (Å²) < 4.78 is 15.8. The zero-order valence-corrected chi connectivity index (χ0v) is 17.7. The number of carbonyl (C=O) groups excluding carboxylic acids is 2. The maximum atomic E-state index is 12.8. The van der Waals surface area contributed by atoms with Gasteiger partial charge in [-0.1, -0.05) is 30.3 Å². The highest BCUT2D eigenvalue weighted by atomic mass is 16.5. The van der Waals surface area contributed by atoms with Gasteiger partial charge in [-0.15, -0.1) is 0 Å². The Morgan fingerprint density at radius 2 is 1.87 bits per heavy atom. The van der Waals surface area contributed by atoms with Crippen molar-refractivity contribution in [1.82, 2.24) is 10.6 Å². The Bertz CT molecular complexity index is 973. The number of nitrogens with one attached hydrogen (secondary N) is 2. The first-order valence-corrected chi connectivity index (χ1v) is 9.91. The minimum absolute atomic E-state index is 0.0202. The lowest BCUT2D eigenvalue weighted by molar-refractivity contribution is -0.139. The average molecular weight is 426 g/mol. The molecule has 8 nitrogen and oxygen atoms in total. The molecule has 2 atom stereocenters. The largest absolute Gasteiger partial charge is 0.497 e. The van der Waals surface area contributed by atoms with Crippen molar-refractivity contribution in [3.05, 3.63) is 70.9 Å². The topological polar surface area (TPSA) is 106 Å². The molecule has 0 aliphatic carbocycles. The summed E-state index contributed by atoms with van der Waals surface area (Å²) >= 11 is 0. The van der Waals surface area contributed by atoms with Crippen LogP contribution in [0.2, 0.25) is 0 Å². The van der Waals surface area contributed by atoms with Gasteiger partial charge in [0.15, 0.2) is 0 Å². The molecule has 0 aromatic heterocycles. The molecule has 3 rings (SSSR count). The van der Waals surface area contributed by atoms with Crippen LogP contribution in [0.25, 0.3) is 0 Å². The lowest BCUT2D eigenvalue weighted by Crippen LogP contribution is -2.46. The molecule has 3 N–H and O–H groups in total. The Morgan fingerprint density at radius 1 is 1.13 bits per heavy atom. The SMILES string of the molecule is CCOC(=O)C1=C(CC(O)c2ccc(OC)cc2OC)NC(=O)NC1c1ccccc1. The molecule has 0 bridgehead atoms. The van der Waals surface area contributed by atoms with Crippen molar-refractivity contribution in [1.29, 1.82) is 0 Å². The Kier molecular flexibility index (Phi) is 7.15. The molecular formula is C23H26N2O6. The molecule has 8 heteroatoms. The van der Waals surface area contributed by atoms with Crippen molar-refractivity contribution in [3.63, 3.8) is 0 Å². The number of methoxy groups -OCH3 is 2. The van der Waals surface area contributed by atoms with Crippen LogP contribution >= 0.6 is 0 Å². The monoisotopic (exact) mass is 426 g/mol. The maximum Gasteiger partial charge on any atom is 0.338 e. The minimum atomic E-state index is -1.05. The Morgan fingerprint density at radius 3 is 2.52 bits per heavy atom. The number of hydrogen-bond acceptors (Lipinski definition) is 6. The third-order valence-corrected chi connectivity index (χ3v) is 4.98. The van der Waals surface area contributed by atoms with Gasteiger partial charge in [0, 0.05) is 23.7 Å². The fourth-order valence-electron chi connectivity index (χ4n) is 3.52. The second-order valence-electron chi connectivity index (χ2n) is 6.88. The molecule has 2 unspecified atom stereocenters. The maximum absolute atomic E-state index is 12.8. The first-order valence-electron chi connectivity index (χ1n) is 9.91. The van der Waals surface area contributed by atoms with E-state index in [9.17, 15) is 14.7 Å². The van der Waals surface area contributed by atoms with Crippen molar-refractivity contribution >= 4 is 12.0 Å². The molecule has 0 fully saturated rings. The number of urea groups is 1. The highest BCUT2D eigenvalue weighted by Crippen LogP contribution is 2.35. The highest BCUT2D eigenvalue weighted by Gasteiger charge is 2.34. The standard InChI is InChI=1S/C23H26N2O6/c1-4-31-22(27)20-17(24-23(28)25-21(20)14-8-6-5-7-9-14)13-18(26)16-11-10-15(29-2)12-19(16)30-3/h5-12,18,21,26H,4,13H2,1-3H3,(H2,24,25,28). The van der Waals surface area contributed by atoms with Crippen molar-refractivity contribution in [2.45, 2.75) is 25.5 Å².